The zero-order valence-corrected chi connectivity index (χ0v) is 19.5. The van der Waals surface area contributed by atoms with E-state index in [1.807, 2.05) is 4.90 Å². The van der Waals surface area contributed by atoms with Gasteiger partial charge in [-0.25, -0.2) is 9.37 Å². The van der Waals surface area contributed by atoms with E-state index >= 15 is 0 Å². The molecule has 0 unspecified atom stereocenters. The Morgan fingerprint density at radius 3 is 2.68 bits per heavy atom. The van der Waals surface area contributed by atoms with Crippen molar-refractivity contribution in [2.45, 2.75) is 25.2 Å². The van der Waals surface area contributed by atoms with Crippen molar-refractivity contribution in [2.75, 3.05) is 18.4 Å². The maximum Gasteiger partial charge on any atom is 0.302 e. The van der Waals surface area contributed by atoms with Gasteiger partial charge in [-0.05, 0) is 48.7 Å². The quantitative estimate of drug-likeness (QED) is 0.404. The molecule has 2 aromatic carbocycles. The molecule has 34 heavy (non-hydrogen) atoms. The van der Waals surface area contributed by atoms with Gasteiger partial charge in [0.1, 0.15) is 17.0 Å². The molecule has 0 spiro atoms. The Balaban J connectivity index is 1.16. The second kappa shape index (κ2) is 9.52. The molecule has 1 aliphatic rings. The van der Waals surface area contributed by atoms with Crippen LogP contribution in [0.15, 0.2) is 52.3 Å². The van der Waals surface area contributed by atoms with Crippen molar-refractivity contribution in [3.05, 3.63) is 74.9 Å². The number of likely N-dealkylation sites (tertiary alicyclic amines) is 1. The Labute approximate surface area is 203 Å². The lowest BCUT2D eigenvalue weighted by Crippen LogP contribution is -2.38. The fraction of sp³-hybridized carbons (Fsp3) is 0.250. The Bertz CT molecular complexity index is 1350. The lowest BCUT2D eigenvalue weighted by molar-refractivity contribution is -0.131. The molecule has 0 saturated carbocycles. The summed E-state index contributed by atoms with van der Waals surface area (Å²) in [5.41, 5.74) is 2.18. The van der Waals surface area contributed by atoms with Crippen LogP contribution >= 0.6 is 22.9 Å². The highest BCUT2D eigenvalue weighted by molar-refractivity contribution is 7.10. The fourth-order valence-electron chi connectivity index (χ4n) is 3.96. The maximum absolute atomic E-state index is 13.1. The van der Waals surface area contributed by atoms with Crippen LogP contribution in [0.1, 0.15) is 39.8 Å². The van der Waals surface area contributed by atoms with Crippen LogP contribution in [0.3, 0.4) is 0 Å². The van der Waals surface area contributed by atoms with Crippen molar-refractivity contribution in [3.63, 3.8) is 0 Å². The summed E-state index contributed by atoms with van der Waals surface area (Å²) in [6, 6.07) is 11.1. The number of thiazole rings is 1. The van der Waals surface area contributed by atoms with Gasteiger partial charge in [0.2, 0.25) is 5.91 Å². The van der Waals surface area contributed by atoms with Gasteiger partial charge in [0, 0.05) is 29.4 Å². The first-order valence-electron chi connectivity index (χ1n) is 10.8. The molecule has 1 fully saturated rings. The van der Waals surface area contributed by atoms with Gasteiger partial charge in [-0.15, -0.1) is 11.3 Å². The van der Waals surface area contributed by atoms with Gasteiger partial charge in [0.05, 0.1) is 11.4 Å². The number of hydrogen-bond acceptors (Lipinski definition) is 6. The van der Waals surface area contributed by atoms with Crippen LogP contribution in [-0.2, 0) is 11.2 Å². The number of benzene rings is 2. The molecule has 174 valence electrons. The molecule has 1 aliphatic heterocycles. The number of rotatable bonds is 5. The van der Waals surface area contributed by atoms with Crippen LogP contribution in [0.2, 0.25) is 5.02 Å². The fourth-order valence-corrected chi connectivity index (χ4v) is 5.10. The molecular weight excluding hydrogens is 479 g/mol. The third kappa shape index (κ3) is 4.95. The first-order chi connectivity index (χ1) is 16.4. The minimum absolute atomic E-state index is 0.0314. The molecule has 0 atom stereocenters. The molecule has 0 aliphatic carbocycles. The number of amides is 2. The van der Waals surface area contributed by atoms with E-state index in [9.17, 15) is 14.0 Å². The van der Waals surface area contributed by atoms with E-state index in [-0.39, 0.29) is 30.1 Å². The largest absolute Gasteiger partial charge is 0.423 e. The topological polar surface area (TPSA) is 88.3 Å². The number of anilines is 1. The van der Waals surface area contributed by atoms with E-state index in [0.29, 0.717) is 34.9 Å². The highest BCUT2D eigenvalue weighted by Gasteiger charge is 2.26. The monoisotopic (exact) mass is 498 g/mol. The van der Waals surface area contributed by atoms with E-state index in [1.165, 1.54) is 23.5 Å². The third-order valence-electron chi connectivity index (χ3n) is 5.79. The van der Waals surface area contributed by atoms with Crippen LogP contribution in [0.5, 0.6) is 0 Å². The van der Waals surface area contributed by atoms with Gasteiger partial charge < -0.3 is 9.32 Å². The molecule has 1 saturated heterocycles. The van der Waals surface area contributed by atoms with Crippen LogP contribution < -0.4 is 5.32 Å². The molecule has 5 rings (SSSR count). The van der Waals surface area contributed by atoms with Gasteiger partial charge in [-0.2, -0.15) is 4.98 Å². The number of nitrogens with zero attached hydrogens (tertiary/aromatic N) is 3. The number of hydrogen-bond donors (Lipinski definition) is 1. The number of nitrogens with one attached hydrogen (secondary N) is 1. The van der Waals surface area contributed by atoms with E-state index < -0.39 is 5.91 Å². The lowest BCUT2D eigenvalue weighted by atomic mass is 9.97. The predicted octanol–water partition coefficient (Wildman–Crippen LogP) is 5.28. The molecule has 10 heteroatoms. The zero-order valence-electron chi connectivity index (χ0n) is 18.0. The van der Waals surface area contributed by atoms with Gasteiger partial charge >= 0.3 is 6.01 Å². The standard InChI is InChI=1S/C24H20ClFN4O3S/c25-16-3-6-20-18(12-16)28-24(33-20)29-22(32)19-13-34-23(27-19)15-7-9-30(10-8-15)21(31)11-14-1-4-17(26)5-2-14/h1-6,12-13,15H,7-11H2,(H,28,29,32). The number of carbonyl (C=O) groups is 2. The summed E-state index contributed by atoms with van der Waals surface area (Å²) in [6.07, 6.45) is 1.81. The maximum atomic E-state index is 13.1. The SMILES string of the molecule is O=C(Nc1nc2cc(Cl)ccc2o1)c1csc(C2CCN(C(=O)Cc3ccc(F)cc3)CC2)n1. The summed E-state index contributed by atoms with van der Waals surface area (Å²) in [5.74, 6) is -0.490. The molecule has 0 radical (unpaired) electrons. The molecule has 1 N–H and O–H groups in total. The number of piperidine rings is 1. The third-order valence-corrected chi connectivity index (χ3v) is 7.03. The lowest BCUT2D eigenvalue weighted by Gasteiger charge is -2.31. The van der Waals surface area contributed by atoms with Crippen molar-refractivity contribution in [1.82, 2.24) is 14.9 Å². The van der Waals surface area contributed by atoms with Crippen LogP contribution in [-0.4, -0.2) is 39.8 Å². The van der Waals surface area contributed by atoms with Crippen LogP contribution in [0, 0.1) is 5.82 Å². The number of oxazole rings is 1. The smallest absolute Gasteiger partial charge is 0.302 e. The minimum Gasteiger partial charge on any atom is -0.423 e. The van der Waals surface area contributed by atoms with Crippen LogP contribution in [0.25, 0.3) is 11.1 Å². The predicted molar refractivity (Wildman–Crippen MR) is 128 cm³/mol. The summed E-state index contributed by atoms with van der Waals surface area (Å²) < 4.78 is 18.6. The van der Waals surface area contributed by atoms with Gasteiger partial charge in [0.15, 0.2) is 5.58 Å². The molecular formula is C24H20ClFN4O3S. The summed E-state index contributed by atoms with van der Waals surface area (Å²) in [4.78, 5) is 35.8. The van der Waals surface area contributed by atoms with E-state index in [0.717, 1.165) is 23.4 Å². The molecule has 3 heterocycles. The highest BCUT2D eigenvalue weighted by atomic mass is 35.5. The molecule has 4 aromatic rings. The molecule has 2 amide bonds. The van der Waals surface area contributed by atoms with Crippen molar-refractivity contribution in [1.29, 1.82) is 0 Å². The highest BCUT2D eigenvalue weighted by Crippen LogP contribution is 2.31. The minimum atomic E-state index is -0.396. The first kappa shape index (κ1) is 22.5. The number of halogens is 2. The summed E-state index contributed by atoms with van der Waals surface area (Å²) >= 11 is 7.40. The van der Waals surface area contributed by atoms with Gasteiger partial charge in [-0.1, -0.05) is 23.7 Å². The molecule has 7 nitrogen and oxygen atoms in total. The second-order valence-corrected chi connectivity index (χ2v) is 9.44. The number of aromatic nitrogens is 2. The molecule has 2 aromatic heterocycles. The van der Waals surface area contributed by atoms with E-state index in [2.05, 4.69) is 15.3 Å². The van der Waals surface area contributed by atoms with Gasteiger partial charge in [0.25, 0.3) is 5.91 Å². The second-order valence-electron chi connectivity index (χ2n) is 8.11. The average molecular weight is 499 g/mol. The number of fused-ring (bicyclic) bond motifs is 1. The molecule has 0 bridgehead atoms. The van der Waals surface area contributed by atoms with Crippen molar-refractivity contribution < 1.29 is 18.4 Å². The Morgan fingerprint density at radius 1 is 1.15 bits per heavy atom. The van der Waals surface area contributed by atoms with Crippen LogP contribution in [0.4, 0.5) is 10.4 Å². The Hall–Kier alpha value is -3.30. The normalized spacial score (nSPS) is 14.5. The van der Waals surface area contributed by atoms with Gasteiger partial charge in [-0.3, -0.25) is 14.9 Å². The zero-order chi connectivity index (χ0) is 23.7. The summed E-state index contributed by atoms with van der Waals surface area (Å²) in [6.45, 7) is 1.24. The average Bonchev–Trinajstić information content (AvgIpc) is 3.47. The Kier molecular flexibility index (Phi) is 6.30. The number of carbonyl (C=O) groups excluding carboxylic acids is 2. The van der Waals surface area contributed by atoms with Crippen molar-refractivity contribution in [2.24, 2.45) is 0 Å². The van der Waals surface area contributed by atoms with Crippen molar-refractivity contribution >= 4 is 51.9 Å². The van der Waals surface area contributed by atoms with E-state index in [1.54, 1.807) is 35.7 Å². The van der Waals surface area contributed by atoms with E-state index in [4.69, 9.17) is 16.0 Å². The summed E-state index contributed by atoms with van der Waals surface area (Å²) in [5, 5.41) is 5.77. The van der Waals surface area contributed by atoms with Crippen molar-refractivity contribution in [3.8, 4) is 0 Å². The first-order valence-corrected chi connectivity index (χ1v) is 12.1. The Morgan fingerprint density at radius 2 is 1.91 bits per heavy atom. The summed E-state index contributed by atoms with van der Waals surface area (Å²) in [7, 11) is 0.